The van der Waals surface area contributed by atoms with E-state index in [0.717, 1.165) is 24.2 Å². The molecule has 0 radical (unpaired) electrons. The second kappa shape index (κ2) is 9.73. The Labute approximate surface area is 176 Å². The molecule has 2 aromatic carbocycles. The number of nitrogens with zero attached hydrogens (tertiary/aromatic N) is 2. The molecule has 3 rings (SSSR count). The third kappa shape index (κ3) is 5.58. The number of anilines is 2. The van der Waals surface area contributed by atoms with Crippen molar-refractivity contribution in [2.75, 3.05) is 17.2 Å². The lowest BCUT2D eigenvalue weighted by Gasteiger charge is -2.07. The van der Waals surface area contributed by atoms with Crippen molar-refractivity contribution in [3.63, 3.8) is 0 Å². The van der Waals surface area contributed by atoms with Crippen LogP contribution in [0.1, 0.15) is 19.8 Å². The van der Waals surface area contributed by atoms with Crippen LogP contribution in [0.25, 0.3) is 10.6 Å². The maximum absolute atomic E-state index is 12.1. The van der Waals surface area contributed by atoms with Crippen LogP contribution in [0, 0.1) is 0 Å². The van der Waals surface area contributed by atoms with E-state index in [0.29, 0.717) is 32.5 Å². The maximum Gasteiger partial charge on any atom is 0.325 e. The molecular weight excluding hydrogens is 419 g/mol. The Balaban J connectivity index is 1.59. The van der Waals surface area contributed by atoms with Crippen LogP contribution in [0.2, 0.25) is 10.0 Å². The fourth-order valence-electron chi connectivity index (χ4n) is 2.26. The molecule has 6 nitrogen and oxygen atoms in total. The number of carbonyl (C=O) groups is 1. The number of halogens is 2. The smallest absolute Gasteiger partial charge is 0.325 e. The highest BCUT2D eigenvalue weighted by Gasteiger charge is 2.11. The molecule has 1 aromatic heterocycles. The average molecular weight is 437 g/mol. The molecule has 1 heterocycles. The van der Waals surface area contributed by atoms with Gasteiger partial charge in [-0.1, -0.05) is 47.9 Å². The number of amides is 2. The molecule has 2 amide bonds. The minimum absolute atomic E-state index is 0.349. The highest BCUT2D eigenvalue weighted by Crippen LogP contribution is 2.29. The highest BCUT2D eigenvalue weighted by atomic mass is 35.5. The summed E-state index contributed by atoms with van der Waals surface area (Å²) in [6.45, 7) is 2.83. The summed E-state index contributed by atoms with van der Waals surface area (Å²) >= 11 is 13.2. The minimum Gasteiger partial charge on any atom is -0.494 e. The Morgan fingerprint density at radius 3 is 2.61 bits per heavy atom. The summed E-state index contributed by atoms with van der Waals surface area (Å²) in [5, 5.41) is 15.3. The zero-order valence-corrected chi connectivity index (χ0v) is 17.4. The predicted molar refractivity (Wildman–Crippen MR) is 115 cm³/mol. The van der Waals surface area contributed by atoms with Gasteiger partial charge in [0.1, 0.15) is 10.8 Å². The third-order valence-corrected chi connectivity index (χ3v) is 5.13. The van der Waals surface area contributed by atoms with Crippen molar-refractivity contribution in [1.29, 1.82) is 0 Å². The molecule has 9 heteroatoms. The largest absolute Gasteiger partial charge is 0.494 e. The van der Waals surface area contributed by atoms with Crippen molar-refractivity contribution in [2.45, 2.75) is 19.8 Å². The van der Waals surface area contributed by atoms with E-state index in [1.165, 1.54) is 11.3 Å². The first kappa shape index (κ1) is 20.4. The summed E-state index contributed by atoms with van der Waals surface area (Å²) in [4.78, 5) is 12.1. The molecule has 3 aromatic rings. The normalized spacial score (nSPS) is 10.5. The predicted octanol–water partition coefficient (Wildman–Crippen LogP) is 6.33. The first-order chi connectivity index (χ1) is 13.5. The lowest BCUT2D eigenvalue weighted by Crippen LogP contribution is -2.19. The molecule has 0 saturated carbocycles. The number of ether oxygens (including phenoxy) is 1. The molecule has 28 heavy (non-hydrogen) atoms. The molecule has 0 unspecified atom stereocenters. The monoisotopic (exact) mass is 436 g/mol. The van der Waals surface area contributed by atoms with E-state index in [-0.39, 0.29) is 0 Å². The minimum atomic E-state index is -0.466. The third-order valence-electron chi connectivity index (χ3n) is 3.69. The number of benzene rings is 2. The van der Waals surface area contributed by atoms with E-state index in [4.69, 9.17) is 27.9 Å². The molecule has 0 atom stereocenters. The number of hydrogen-bond acceptors (Lipinski definition) is 5. The number of unbranched alkanes of at least 4 members (excludes halogenated alkanes) is 1. The van der Waals surface area contributed by atoms with Crippen molar-refractivity contribution in [3.8, 4) is 16.3 Å². The number of rotatable bonds is 7. The van der Waals surface area contributed by atoms with E-state index >= 15 is 0 Å². The van der Waals surface area contributed by atoms with Crippen molar-refractivity contribution in [1.82, 2.24) is 10.2 Å². The maximum atomic E-state index is 12.1. The first-order valence-corrected chi connectivity index (χ1v) is 10.2. The highest BCUT2D eigenvalue weighted by molar-refractivity contribution is 7.18. The van der Waals surface area contributed by atoms with Gasteiger partial charge in [-0.05, 0) is 48.9 Å². The summed E-state index contributed by atoms with van der Waals surface area (Å²) in [5.74, 6) is 0.819. The molecule has 146 valence electrons. The van der Waals surface area contributed by atoms with Gasteiger partial charge >= 0.3 is 6.03 Å². The fourth-order valence-corrected chi connectivity index (χ4v) is 3.46. The standard InChI is InChI=1S/C19H18Cl2N4O2S/c1-2-3-10-27-14-7-4-12(5-8-14)17-24-25-19(28-17)23-18(26)22-16-9-6-13(20)11-15(16)21/h4-9,11H,2-3,10H2,1H3,(H2,22,23,25,26). The summed E-state index contributed by atoms with van der Waals surface area (Å²) in [7, 11) is 0. The van der Waals surface area contributed by atoms with E-state index in [1.807, 2.05) is 24.3 Å². The van der Waals surface area contributed by atoms with Gasteiger partial charge in [0, 0.05) is 10.6 Å². The van der Waals surface area contributed by atoms with E-state index in [9.17, 15) is 4.79 Å². The Hall–Kier alpha value is -2.35. The molecule has 0 saturated heterocycles. The molecule has 0 aliphatic carbocycles. The van der Waals surface area contributed by atoms with Gasteiger partial charge in [-0.2, -0.15) is 0 Å². The number of nitrogens with one attached hydrogen (secondary N) is 2. The number of hydrogen-bond donors (Lipinski definition) is 2. The molecule has 0 aliphatic heterocycles. The van der Waals surface area contributed by atoms with Gasteiger partial charge in [0.05, 0.1) is 17.3 Å². The van der Waals surface area contributed by atoms with Crippen LogP contribution in [-0.2, 0) is 0 Å². The Kier molecular flexibility index (Phi) is 7.08. The van der Waals surface area contributed by atoms with Crippen molar-refractivity contribution in [2.24, 2.45) is 0 Å². The van der Waals surface area contributed by atoms with Crippen LogP contribution >= 0.6 is 34.5 Å². The van der Waals surface area contributed by atoms with Crippen LogP contribution in [0.3, 0.4) is 0 Å². The number of urea groups is 1. The molecule has 0 aliphatic rings. The zero-order chi connectivity index (χ0) is 19.9. The van der Waals surface area contributed by atoms with Crippen molar-refractivity contribution in [3.05, 3.63) is 52.5 Å². The van der Waals surface area contributed by atoms with Crippen molar-refractivity contribution >= 4 is 51.4 Å². The second-order valence-corrected chi connectivity index (χ2v) is 7.66. The van der Waals surface area contributed by atoms with E-state index < -0.39 is 6.03 Å². The average Bonchev–Trinajstić information content (AvgIpc) is 3.13. The number of aromatic nitrogens is 2. The van der Waals surface area contributed by atoms with Crippen LogP contribution in [0.5, 0.6) is 5.75 Å². The molecule has 0 bridgehead atoms. The Morgan fingerprint density at radius 1 is 1.11 bits per heavy atom. The summed E-state index contributed by atoms with van der Waals surface area (Å²) < 4.78 is 5.65. The quantitative estimate of drug-likeness (QED) is 0.423. The summed E-state index contributed by atoms with van der Waals surface area (Å²) in [6.07, 6.45) is 2.12. The van der Waals surface area contributed by atoms with Gasteiger partial charge in [-0.15, -0.1) is 10.2 Å². The topological polar surface area (TPSA) is 76.1 Å². The lowest BCUT2D eigenvalue weighted by molar-refractivity contribution is 0.262. The van der Waals surface area contributed by atoms with Gasteiger partial charge < -0.3 is 10.1 Å². The van der Waals surface area contributed by atoms with Crippen LogP contribution in [-0.4, -0.2) is 22.8 Å². The van der Waals surface area contributed by atoms with Crippen LogP contribution < -0.4 is 15.4 Å². The summed E-state index contributed by atoms with van der Waals surface area (Å²) in [6, 6.07) is 12.0. The second-order valence-electron chi connectivity index (χ2n) is 5.84. The Bertz CT molecular complexity index is 947. The van der Waals surface area contributed by atoms with Crippen molar-refractivity contribution < 1.29 is 9.53 Å². The molecule has 0 spiro atoms. The fraction of sp³-hybridized carbons (Fsp3) is 0.211. The van der Waals surface area contributed by atoms with Gasteiger partial charge in [0.2, 0.25) is 5.13 Å². The molecule has 2 N–H and O–H groups in total. The molecule has 0 fully saturated rings. The summed E-state index contributed by atoms with van der Waals surface area (Å²) in [5.41, 5.74) is 1.35. The van der Waals surface area contributed by atoms with Gasteiger partial charge in [0.15, 0.2) is 0 Å². The SMILES string of the molecule is CCCCOc1ccc(-c2nnc(NC(=O)Nc3ccc(Cl)cc3Cl)s2)cc1. The molecular formula is C19H18Cl2N4O2S. The van der Waals surface area contributed by atoms with Gasteiger partial charge in [0.25, 0.3) is 0 Å². The van der Waals surface area contributed by atoms with Gasteiger partial charge in [-0.25, -0.2) is 4.79 Å². The van der Waals surface area contributed by atoms with E-state index in [1.54, 1.807) is 18.2 Å². The lowest BCUT2D eigenvalue weighted by atomic mass is 10.2. The first-order valence-electron chi connectivity index (χ1n) is 8.65. The number of carbonyl (C=O) groups excluding carboxylic acids is 1. The van der Waals surface area contributed by atoms with Gasteiger partial charge in [-0.3, -0.25) is 5.32 Å². The Morgan fingerprint density at radius 2 is 1.89 bits per heavy atom. The van der Waals surface area contributed by atoms with Crippen LogP contribution in [0.15, 0.2) is 42.5 Å². The van der Waals surface area contributed by atoms with E-state index in [2.05, 4.69) is 27.8 Å². The zero-order valence-electron chi connectivity index (χ0n) is 15.0. The van der Waals surface area contributed by atoms with Crippen LogP contribution in [0.4, 0.5) is 15.6 Å².